The molecule has 0 fully saturated rings. The van der Waals surface area contributed by atoms with Crippen LogP contribution in [0.4, 0.5) is 0 Å². The van der Waals surface area contributed by atoms with Gasteiger partial charge in [-0.25, -0.2) is 4.98 Å². The van der Waals surface area contributed by atoms with E-state index in [1.807, 2.05) is 12.3 Å². The molecule has 1 aromatic heterocycles. The van der Waals surface area contributed by atoms with Crippen molar-refractivity contribution in [3.8, 4) is 0 Å². The summed E-state index contributed by atoms with van der Waals surface area (Å²) in [4.78, 5) is 17.0. The van der Waals surface area contributed by atoms with Crippen molar-refractivity contribution in [3.63, 3.8) is 0 Å². The minimum atomic E-state index is -1.33. The van der Waals surface area contributed by atoms with Gasteiger partial charge in [0.15, 0.2) is 0 Å². The van der Waals surface area contributed by atoms with E-state index in [9.17, 15) is 4.79 Å². The van der Waals surface area contributed by atoms with Gasteiger partial charge in [0.05, 0.1) is 4.91 Å². The number of aromatic nitrogens is 1. The number of hydrogen-bond donors (Lipinski definition) is 1. The number of ether oxygens (including phenoxy) is 2. The molecule has 2 rings (SSSR count). The zero-order valence-electron chi connectivity index (χ0n) is 9.64. The molecule has 0 spiro atoms. The number of thioether (sulfide) groups is 1. The van der Waals surface area contributed by atoms with Crippen LogP contribution in [-0.4, -0.2) is 30.2 Å². The molecule has 0 radical (unpaired) electrons. The lowest BCUT2D eigenvalue weighted by molar-refractivity contribution is -0.170. The number of allylic oxidation sites excluding steroid dienone is 1. The largest absolute Gasteiger partial charge is 0.337 e. The molecule has 0 bridgehead atoms. The monoisotopic (exact) mass is 272 g/mol. The first kappa shape index (κ1) is 12.6. The van der Waals surface area contributed by atoms with Gasteiger partial charge in [-0.1, -0.05) is 0 Å². The van der Waals surface area contributed by atoms with Gasteiger partial charge in [0, 0.05) is 31.5 Å². The Morgan fingerprint density at radius 1 is 1.41 bits per heavy atom. The van der Waals surface area contributed by atoms with Crippen molar-refractivity contribution in [1.29, 1.82) is 0 Å². The molecule has 0 saturated heterocycles. The van der Waals surface area contributed by atoms with E-state index in [1.165, 1.54) is 37.3 Å². The molecule has 0 atom stereocenters. The molecule has 1 amide bonds. The average molecular weight is 272 g/mol. The molecule has 1 aliphatic rings. The summed E-state index contributed by atoms with van der Waals surface area (Å²) < 4.78 is 10.4. The van der Waals surface area contributed by atoms with Crippen molar-refractivity contribution < 1.29 is 14.3 Å². The van der Waals surface area contributed by atoms with E-state index in [4.69, 9.17) is 9.47 Å². The highest BCUT2D eigenvalue weighted by atomic mass is 32.2. The maximum Gasteiger partial charge on any atom is 0.305 e. The van der Waals surface area contributed by atoms with E-state index in [-0.39, 0.29) is 5.91 Å². The quantitative estimate of drug-likeness (QED) is 0.848. The Kier molecular flexibility index (Phi) is 3.53. The number of thiazole rings is 1. The molecule has 0 saturated carbocycles. The lowest BCUT2D eigenvalue weighted by Gasteiger charge is -2.33. The van der Waals surface area contributed by atoms with Gasteiger partial charge < -0.3 is 14.8 Å². The lowest BCUT2D eigenvalue weighted by atomic mass is 10.4. The van der Waals surface area contributed by atoms with Crippen LogP contribution < -0.4 is 5.32 Å². The van der Waals surface area contributed by atoms with Crippen molar-refractivity contribution in [2.24, 2.45) is 0 Å². The molecule has 1 aliphatic heterocycles. The molecule has 0 unspecified atom stereocenters. The second-order valence-corrected chi connectivity index (χ2v) is 5.36. The van der Waals surface area contributed by atoms with Gasteiger partial charge >= 0.3 is 5.12 Å². The number of nitrogens with one attached hydrogen (secondary N) is 1. The van der Waals surface area contributed by atoms with Crippen molar-refractivity contribution in [2.75, 3.05) is 14.2 Å². The summed E-state index contributed by atoms with van der Waals surface area (Å²) in [5.74, 6) is -0.315. The lowest BCUT2D eigenvalue weighted by Crippen LogP contribution is -2.49. The molecular formula is C10H12N2O3S2. The first-order valence-corrected chi connectivity index (χ1v) is 6.54. The van der Waals surface area contributed by atoms with Crippen LogP contribution in [0, 0.1) is 0 Å². The maximum absolute atomic E-state index is 11.9. The topological polar surface area (TPSA) is 60.5 Å². The SMILES string of the molecule is COC1(OC)SC(c2nccs2)=C(C)NC1=O. The van der Waals surface area contributed by atoms with Crippen LogP contribution in [0.2, 0.25) is 0 Å². The number of carbonyl (C=O) groups is 1. The Labute approximate surface area is 107 Å². The van der Waals surface area contributed by atoms with Gasteiger partial charge in [0.1, 0.15) is 5.01 Å². The van der Waals surface area contributed by atoms with Crippen LogP contribution in [0.3, 0.4) is 0 Å². The average Bonchev–Trinajstić information content (AvgIpc) is 2.84. The first-order chi connectivity index (χ1) is 8.13. The van der Waals surface area contributed by atoms with Gasteiger partial charge in [-0.3, -0.25) is 4.79 Å². The van der Waals surface area contributed by atoms with Crippen molar-refractivity contribution in [3.05, 3.63) is 22.3 Å². The maximum atomic E-state index is 11.9. The molecule has 1 N–H and O–H groups in total. The van der Waals surface area contributed by atoms with E-state index < -0.39 is 5.12 Å². The van der Waals surface area contributed by atoms with Crippen LogP contribution in [0.15, 0.2) is 17.3 Å². The molecule has 0 aliphatic carbocycles. The van der Waals surface area contributed by atoms with E-state index in [0.717, 1.165) is 15.6 Å². The minimum absolute atomic E-state index is 0.315. The second-order valence-electron chi connectivity index (χ2n) is 3.31. The Hall–Kier alpha value is -0.890. The van der Waals surface area contributed by atoms with E-state index in [0.29, 0.717) is 0 Å². The zero-order chi connectivity index (χ0) is 12.5. The third kappa shape index (κ3) is 2.11. The fourth-order valence-electron chi connectivity index (χ4n) is 1.45. The Balaban J connectivity index is 2.40. The predicted molar refractivity (Wildman–Crippen MR) is 67.2 cm³/mol. The molecule has 2 heterocycles. The Bertz CT molecular complexity index is 452. The Morgan fingerprint density at radius 3 is 2.65 bits per heavy atom. The van der Waals surface area contributed by atoms with Crippen LogP contribution in [0.25, 0.3) is 4.91 Å². The highest BCUT2D eigenvalue weighted by Gasteiger charge is 2.45. The molecule has 1 aromatic rings. The summed E-state index contributed by atoms with van der Waals surface area (Å²) in [5.41, 5.74) is 0.764. The normalized spacial score (nSPS) is 19.4. The van der Waals surface area contributed by atoms with E-state index >= 15 is 0 Å². The number of amides is 1. The predicted octanol–water partition coefficient (Wildman–Crippen LogP) is 1.64. The van der Waals surface area contributed by atoms with Gasteiger partial charge in [0.2, 0.25) is 0 Å². The number of nitrogens with zero attached hydrogens (tertiary/aromatic N) is 1. The summed E-state index contributed by atoms with van der Waals surface area (Å²) in [6, 6.07) is 0. The summed E-state index contributed by atoms with van der Waals surface area (Å²) in [5, 5.41) is 4.14. The number of hydrogen-bond acceptors (Lipinski definition) is 6. The molecule has 92 valence electrons. The highest BCUT2D eigenvalue weighted by Crippen LogP contribution is 2.44. The van der Waals surface area contributed by atoms with Crippen molar-refractivity contribution >= 4 is 33.9 Å². The molecule has 17 heavy (non-hydrogen) atoms. The smallest absolute Gasteiger partial charge is 0.305 e. The fraction of sp³-hybridized carbons (Fsp3) is 0.400. The number of methoxy groups -OCH3 is 2. The molecule has 5 nitrogen and oxygen atoms in total. The van der Waals surface area contributed by atoms with E-state index in [1.54, 1.807) is 6.20 Å². The van der Waals surface area contributed by atoms with Crippen molar-refractivity contribution in [1.82, 2.24) is 10.3 Å². The van der Waals surface area contributed by atoms with Crippen LogP contribution in [-0.2, 0) is 14.3 Å². The Morgan fingerprint density at radius 2 is 2.12 bits per heavy atom. The molecule has 0 aromatic carbocycles. The van der Waals surface area contributed by atoms with Gasteiger partial charge in [-0.05, 0) is 18.7 Å². The third-order valence-electron chi connectivity index (χ3n) is 2.32. The second kappa shape index (κ2) is 4.77. The highest BCUT2D eigenvalue weighted by molar-refractivity contribution is 8.10. The standard InChI is InChI=1S/C10H12N2O3S2/c1-6-7(8-11-4-5-16-8)17-10(14-2,15-3)9(13)12-6/h4-5H,1-3H3,(H,12,13). The van der Waals surface area contributed by atoms with Gasteiger partial charge in [-0.2, -0.15) is 0 Å². The van der Waals surface area contributed by atoms with Crippen LogP contribution >= 0.6 is 23.1 Å². The fourth-order valence-corrected chi connectivity index (χ4v) is 3.28. The summed E-state index contributed by atoms with van der Waals surface area (Å²) in [6.45, 7) is 1.83. The zero-order valence-corrected chi connectivity index (χ0v) is 11.3. The summed E-state index contributed by atoms with van der Waals surface area (Å²) in [6.07, 6.45) is 1.72. The molecule has 7 heteroatoms. The first-order valence-electron chi connectivity index (χ1n) is 4.84. The van der Waals surface area contributed by atoms with Crippen molar-refractivity contribution in [2.45, 2.75) is 12.0 Å². The number of rotatable bonds is 3. The third-order valence-corrected chi connectivity index (χ3v) is 4.73. The van der Waals surface area contributed by atoms with Gasteiger partial charge in [-0.15, -0.1) is 11.3 Å². The van der Waals surface area contributed by atoms with Crippen LogP contribution in [0.5, 0.6) is 0 Å². The number of carbonyl (C=O) groups excluding carboxylic acids is 1. The van der Waals surface area contributed by atoms with Gasteiger partial charge in [0.25, 0.3) is 5.91 Å². The molecular weight excluding hydrogens is 260 g/mol. The minimum Gasteiger partial charge on any atom is -0.337 e. The summed E-state index contributed by atoms with van der Waals surface area (Å²) in [7, 11) is 2.88. The van der Waals surface area contributed by atoms with Crippen LogP contribution in [0.1, 0.15) is 11.9 Å². The summed E-state index contributed by atoms with van der Waals surface area (Å²) >= 11 is 2.73. The van der Waals surface area contributed by atoms with E-state index in [2.05, 4.69) is 10.3 Å².